The largest absolute Gasteiger partial charge is 0.355 e. The second kappa shape index (κ2) is 12.0. The zero-order valence-corrected chi connectivity index (χ0v) is 21.9. The molecular weight excluding hydrogens is 501 g/mol. The maximum absolute atomic E-state index is 12.8. The van der Waals surface area contributed by atoms with Crippen LogP contribution in [0.3, 0.4) is 0 Å². The van der Waals surface area contributed by atoms with Crippen molar-refractivity contribution in [3.8, 4) is 0 Å². The first-order chi connectivity index (χ1) is 14.4. The molecule has 174 valence electrons. The highest BCUT2D eigenvalue weighted by atomic mass is 127. The number of aliphatic imine (C=N–C) groups is 1. The monoisotopic (exact) mass is 541 g/mol. The molecule has 1 saturated carbocycles. The molecule has 7 heteroatoms. The Kier molecular flexibility index (Phi) is 10.1. The van der Waals surface area contributed by atoms with E-state index in [0.717, 1.165) is 51.3 Å². The summed E-state index contributed by atoms with van der Waals surface area (Å²) in [5.74, 6) is 1.02. The van der Waals surface area contributed by atoms with E-state index >= 15 is 0 Å². The molecule has 0 aromatic heterocycles. The van der Waals surface area contributed by atoms with Gasteiger partial charge in [-0.05, 0) is 51.3 Å². The van der Waals surface area contributed by atoms with E-state index in [-0.39, 0.29) is 35.3 Å². The summed E-state index contributed by atoms with van der Waals surface area (Å²) >= 11 is 0. The van der Waals surface area contributed by atoms with E-state index in [2.05, 4.69) is 51.7 Å². The first-order valence-corrected chi connectivity index (χ1v) is 11.4. The molecule has 3 rings (SSSR count). The van der Waals surface area contributed by atoms with Crippen LogP contribution >= 0.6 is 24.0 Å². The number of aryl methyl sites for hydroxylation is 1. The number of nitrogens with zero attached hydrogens (tertiary/aromatic N) is 3. The van der Waals surface area contributed by atoms with Gasteiger partial charge in [-0.2, -0.15) is 0 Å². The van der Waals surface area contributed by atoms with Gasteiger partial charge in [0.05, 0.1) is 11.5 Å². The predicted molar refractivity (Wildman–Crippen MR) is 139 cm³/mol. The fraction of sp³-hybridized carbons (Fsp3) is 0.667. The number of halogens is 1. The molecule has 1 saturated heterocycles. The number of likely N-dealkylation sites (tertiary alicyclic amines) is 1. The van der Waals surface area contributed by atoms with Crippen LogP contribution in [-0.4, -0.2) is 69.0 Å². The number of amides is 1. The highest BCUT2D eigenvalue weighted by Gasteiger charge is 2.42. The summed E-state index contributed by atoms with van der Waals surface area (Å²) in [6.07, 6.45) is 6.69. The molecule has 1 aliphatic carbocycles. The molecule has 2 aliphatic rings. The highest BCUT2D eigenvalue weighted by molar-refractivity contribution is 14.0. The van der Waals surface area contributed by atoms with Gasteiger partial charge in [-0.1, -0.05) is 42.7 Å². The van der Waals surface area contributed by atoms with Gasteiger partial charge in [-0.3, -0.25) is 14.7 Å². The van der Waals surface area contributed by atoms with Crippen LogP contribution in [0.1, 0.15) is 55.7 Å². The van der Waals surface area contributed by atoms with Crippen molar-refractivity contribution in [1.29, 1.82) is 0 Å². The molecule has 1 aliphatic heterocycles. The van der Waals surface area contributed by atoms with Gasteiger partial charge in [0.1, 0.15) is 0 Å². The number of hydrogen-bond donors (Lipinski definition) is 2. The standard InChI is InChI=1S/C24H39N5O.HI/c1-19-9-11-20(12-10-19)21(29-15-7-8-16-29)17-26-23(25-2)27-18-24(13-5-6-14-24)22(30)28(3)4;/h9-12,21H,5-8,13-18H2,1-4H3,(H2,25,26,27);1H. The number of benzene rings is 1. The van der Waals surface area contributed by atoms with Gasteiger partial charge in [0.25, 0.3) is 0 Å². The third kappa shape index (κ3) is 6.57. The minimum Gasteiger partial charge on any atom is -0.355 e. The molecule has 2 N–H and O–H groups in total. The fourth-order valence-electron chi connectivity index (χ4n) is 4.96. The summed E-state index contributed by atoms with van der Waals surface area (Å²) in [5, 5.41) is 7.01. The first-order valence-electron chi connectivity index (χ1n) is 11.4. The van der Waals surface area contributed by atoms with Crippen LogP contribution in [0, 0.1) is 12.3 Å². The van der Waals surface area contributed by atoms with Gasteiger partial charge in [-0.25, -0.2) is 0 Å². The second-order valence-corrected chi connectivity index (χ2v) is 9.16. The second-order valence-electron chi connectivity index (χ2n) is 9.16. The maximum atomic E-state index is 12.8. The van der Waals surface area contributed by atoms with Crippen LogP contribution in [0.25, 0.3) is 0 Å². The van der Waals surface area contributed by atoms with Crippen LogP contribution in [0.4, 0.5) is 0 Å². The normalized spacial score (nSPS) is 19.5. The smallest absolute Gasteiger partial charge is 0.230 e. The first kappa shape index (κ1) is 25.9. The Balaban J connectivity index is 0.00000341. The lowest BCUT2D eigenvalue weighted by atomic mass is 9.84. The van der Waals surface area contributed by atoms with Crippen molar-refractivity contribution in [3.05, 3.63) is 35.4 Å². The van der Waals surface area contributed by atoms with E-state index in [9.17, 15) is 4.79 Å². The maximum Gasteiger partial charge on any atom is 0.230 e. The summed E-state index contributed by atoms with van der Waals surface area (Å²) in [5.41, 5.74) is 2.34. The molecule has 6 nitrogen and oxygen atoms in total. The highest BCUT2D eigenvalue weighted by Crippen LogP contribution is 2.38. The average Bonchev–Trinajstić information content (AvgIpc) is 3.44. The number of guanidine groups is 1. The third-order valence-corrected chi connectivity index (χ3v) is 6.74. The van der Waals surface area contributed by atoms with Gasteiger partial charge in [0.2, 0.25) is 5.91 Å². The average molecular weight is 542 g/mol. The van der Waals surface area contributed by atoms with Crippen molar-refractivity contribution in [2.45, 2.75) is 51.5 Å². The Hall–Kier alpha value is -1.35. The van der Waals surface area contributed by atoms with Crippen molar-refractivity contribution in [2.24, 2.45) is 10.4 Å². The van der Waals surface area contributed by atoms with Crippen LogP contribution in [0.5, 0.6) is 0 Å². The zero-order valence-electron chi connectivity index (χ0n) is 19.6. The molecule has 0 spiro atoms. The minimum atomic E-state index is -0.299. The minimum absolute atomic E-state index is 0. The van der Waals surface area contributed by atoms with Gasteiger partial charge >= 0.3 is 0 Å². The van der Waals surface area contributed by atoms with Crippen molar-refractivity contribution >= 4 is 35.8 Å². The van der Waals surface area contributed by atoms with Crippen molar-refractivity contribution in [1.82, 2.24) is 20.4 Å². The molecule has 1 atom stereocenters. The quantitative estimate of drug-likeness (QED) is 0.315. The molecule has 0 bridgehead atoms. The molecule has 1 unspecified atom stereocenters. The summed E-state index contributed by atoms with van der Waals surface area (Å²) in [4.78, 5) is 21.6. The van der Waals surface area contributed by atoms with E-state index in [4.69, 9.17) is 0 Å². The van der Waals surface area contributed by atoms with Gasteiger partial charge in [0, 0.05) is 34.2 Å². The van der Waals surface area contributed by atoms with Crippen molar-refractivity contribution < 1.29 is 4.79 Å². The summed E-state index contributed by atoms with van der Waals surface area (Å²) < 4.78 is 0. The van der Waals surface area contributed by atoms with E-state index < -0.39 is 0 Å². The van der Waals surface area contributed by atoms with E-state index in [1.54, 1.807) is 11.9 Å². The lowest BCUT2D eigenvalue weighted by Gasteiger charge is -2.32. The zero-order chi connectivity index (χ0) is 21.6. The molecule has 1 aromatic carbocycles. The Morgan fingerprint density at radius 3 is 2.26 bits per heavy atom. The Morgan fingerprint density at radius 1 is 1.10 bits per heavy atom. The number of hydrogen-bond acceptors (Lipinski definition) is 3. The van der Waals surface area contributed by atoms with E-state index in [0.29, 0.717) is 12.6 Å². The lowest BCUT2D eigenvalue weighted by molar-refractivity contribution is -0.138. The SMILES string of the molecule is CN=C(NCC(c1ccc(C)cc1)N1CCCC1)NCC1(C(=O)N(C)C)CCCC1.I. The number of nitrogens with one attached hydrogen (secondary N) is 2. The molecule has 0 radical (unpaired) electrons. The lowest BCUT2D eigenvalue weighted by Crippen LogP contribution is -2.50. The Bertz CT molecular complexity index is 722. The Labute approximate surface area is 205 Å². The van der Waals surface area contributed by atoms with Crippen LogP contribution in [0.2, 0.25) is 0 Å². The molecule has 2 fully saturated rings. The number of carbonyl (C=O) groups excluding carboxylic acids is 1. The summed E-state index contributed by atoms with van der Waals surface area (Å²) in [7, 11) is 5.52. The van der Waals surface area contributed by atoms with Gasteiger partial charge in [-0.15, -0.1) is 24.0 Å². The molecular formula is C24H40IN5O. The van der Waals surface area contributed by atoms with Crippen molar-refractivity contribution in [3.63, 3.8) is 0 Å². The van der Waals surface area contributed by atoms with Crippen LogP contribution in [-0.2, 0) is 4.79 Å². The topological polar surface area (TPSA) is 60.0 Å². The van der Waals surface area contributed by atoms with E-state index in [1.165, 1.54) is 24.0 Å². The summed E-state index contributed by atoms with van der Waals surface area (Å²) in [6, 6.07) is 9.22. The summed E-state index contributed by atoms with van der Waals surface area (Å²) in [6.45, 7) is 5.87. The van der Waals surface area contributed by atoms with Crippen LogP contribution in [0.15, 0.2) is 29.3 Å². The van der Waals surface area contributed by atoms with Crippen molar-refractivity contribution in [2.75, 3.05) is 47.3 Å². The van der Waals surface area contributed by atoms with Gasteiger partial charge < -0.3 is 15.5 Å². The number of carbonyl (C=O) groups is 1. The van der Waals surface area contributed by atoms with Gasteiger partial charge in [0.15, 0.2) is 5.96 Å². The molecule has 1 amide bonds. The molecule has 31 heavy (non-hydrogen) atoms. The fourth-order valence-corrected chi connectivity index (χ4v) is 4.96. The predicted octanol–water partition coefficient (Wildman–Crippen LogP) is 3.56. The number of rotatable bonds is 7. The van der Waals surface area contributed by atoms with E-state index in [1.807, 2.05) is 14.1 Å². The molecule has 1 heterocycles. The Morgan fingerprint density at radius 2 is 1.71 bits per heavy atom. The molecule has 1 aromatic rings. The van der Waals surface area contributed by atoms with Crippen LogP contribution < -0.4 is 10.6 Å². The third-order valence-electron chi connectivity index (χ3n) is 6.74.